The molecule has 0 spiro atoms. The lowest BCUT2D eigenvalue weighted by molar-refractivity contribution is 0.0386. The summed E-state index contributed by atoms with van der Waals surface area (Å²) in [6.45, 7) is 4.87. The van der Waals surface area contributed by atoms with Gasteiger partial charge in [0.25, 0.3) is 0 Å². The van der Waals surface area contributed by atoms with Gasteiger partial charge in [-0.3, -0.25) is 0 Å². The Morgan fingerprint density at radius 1 is 1.12 bits per heavy atom. The normalized spacial score (nSPS) is 19.0. The van der Waals surface area contributed by atoms with Crippen molar-refractivity contribution in [1.82, 2.24) is 0 Å². The van der Waals surface area contributed by atoms with E-state index in [-0.39, 0.29) is 5.60 Å². The van der Waals surface area contributed by atoms with Gasteiger partial charge in [0.05, 0.1) is 0 Å². The molecule has 0 radical (unpaired) electrons. The molecule has 0 aromatic heterocycles. The Morgan fingerprint density at radius 3 is 2.41 bits per heavy atom. The summed E-state index contributed by atoms with van der Waals surface area (Å²) in [7, 11) is 0. The quantitative estimate of drug-likeness (QED) is 0.869. The number of aryl methyl sites for hydroxylation is 2. The SMILES string of the molecule is Cc1ccc(OC2(CN)CCCCC2)cc1C. The van der Waals surface area contributed by atoms with E-state index in [1.807, 2.05) is 0 Å². The topological polar surface area (TPSA) is 35.2 Å². The second kappa shape index (κ2) is 5.09. The van der Waals surface area contributed by atoms with Crippen molar-refractivity contribution in [1.29, 1.82) is 0 Å². The van der Waals surface area contributed by atoms with Crippen molar-refractivity contribution < 1.29 is 4.74 Å². The van der Waals surface area contributed by atoms with Crippen molar-refractivity contribution in [3.8, 4) is 5.75 Å². The summed E-state index contributed by atoms with van der Waals surface area (Å²) in [5.74, 6) is 0.973. The third-order valence-corrected chi connectivity index (χ3v) is 3.95. The average molecular weight is 233 g/mol. The summed E-state index contributed by atoms with van der Waals surface area (Å²) in [6.07, 6.45) is 5.98. The molecule has 0 aliphatic heterocycles. The van der Waals surface area contributed by atoms with Crippen LogP contribution in [0.2, 0.25) is 0 Å². The van der Waals surface area contributed by atoms with Crippen LogP contribution in [-0.2, 0) is 0 Å². The zero-order chi connectivity index (χ0) is 12.3. The Labute approximate surface area is 104 Å². The lowest BCUT2D eigenvalue weighted by atomic mass is 9.84. The summed E-state index contributed by atoms with van der Waals surface area (Å²) >= 11 is 0. The molecule has 0 saturated heterocycles. The number of benzene rings is 1. The van der Waals surface area contributed by atoms with Crippen LogP contribution in [0.3, 0.4) is 0 Å². The maximum absolute atomic E-state index is 6.20. The second-order valence-corrected chi connectivity index (χ2v) is 5.30. The molecule has 1 aromatic rings. The lowest BCUT2D eigenvalue weighted by Gasteiger charge is -2.36. The Kier molecular flexibility index (Phi) is 3.72. The molecule has 2 rings (SSSR count). The van der Waals surface area contributed by atoms with Crippen LogP contribution in [0.15, 0.2) is 18.2 Å². The van der Waals surface area contributed by atoms with E-state index in [9.17, 15) is 0 Å². The fourth-order valence-corrected chi connectivity index (χ4v) is 2.57. The highest BCUT2D eigenvalue weighted by molar-refractivity contribution is 5.34. The number of hydrogen-bond donors (Lipinski definition) is 1. The van der Waals surface area contributed by atoms with E-state index < -0.39 is 0 Å². The van der Waals surface area contributed by atoms with E-state index in [0.717, 1.165) is 18.6 Å². The predicted molar refractivity (Wildman–Crippen MR) is 71.4 cm³/mol. The molecule has 0 bridgehead atoms. The molecule has 1 aliphatic rings. The van der Waals surface area contributed by atoms with Crippen LogP contribution in [-0.4, -0.2) is 12.1 Å². The maximum Gasteiger partial charge on any atom is 0.121 e. The highest BCUT2D eigenvalue weighted by Crippen LogP contribution is 2.32. The predicted octanol–water partition coefficient (Wildman–Crippen LogP) is 3.34. The van der Waals surface area contributed by atoms with E-state index in [1.54, 1.807) is 0 Å². The number of hydrogen-bond acceptors (Lipinski definition) is 2. The third kappa shape index (κ3) is 2.81. The number of nitrogens with two attached hydrogens (primary N) is 1. The van der Waals surface area contributed by atoms with Crippen LogP contribution in [0.5, 0.6) is 5.75 Å². The summed E-state index contributed by atoms with van der Waals surface area (Å²) < 4.78 is 6.20. The van der Waals surface area contributed by atoms with E-state index in [1.165, 1.54) is 30.4 Å². The van der Waals surface area contributed by atoms with Gasteiger partial charge in [0.1, 0.15) is 11.4 Å². The molecule has 1 aromatic carbocycles. The van der Waals surface area contributed by atoms with Crippen LogP contribution in [0.1, 0.15) is 43.2 Å². The first-order chi connectivity index (χ1) is 8.15. The van der Waals surface area contributed by atoms with Crippen LogP contribution in [0.25, 0.3) is 0 Å². The first-order valence-electron chi connectivity index (χ1n) is 6.62. The molecule has 2 nitrogen and oxygen atoms in total. The first-order valence-corrected chi connectivity index (χ1v) is 6.62. The Bertz CT molecular complexity index is 381. The van der Waals surface area contributed by atoms with Crippen LogP contribution in [0, 0.1) is 13.8 Å². The van der Waals surface area contributed by atoms with E-state index >= 15 is 0 Å². The van der Waals surface area contributed by atoms with Gasteiger partial charge in [0.2, 0.25) is 0 Å². The third-order valence-electron chi connectivity index (χ3n) is 3.95. The highest BCUT2D eigenvalue weighted by atomic mass is 16.5. The van der Waals surface area contributed by atoms with E-state index in [2.05, 4.69) is 32.0 Å². The van der Waals surface area contributed by atoms with Gasteiger partial charge in [0.15, 0.2) is 0 Å². The molecule has 2 heteroatoms. The van der Waals surface area contributed by atoms with Crippen LogP contribution < -0.4 is 10.5 Å². The van der Waals surface area contributed by atoms with E-state index in [0.29, 0.717) is 6.54 Å². The van der Waals surface area contributed by atoms with Crippen molar-refractivity contribution in [2.45, 2.75) is 51.6 Å². The molecular formula is C15H23NO. The smallest absolute Gasteiger partial charge is 0.121 e. The first kappa shape index (κ1) is 12.4. The number of rotatable bonds is 3. The largest absolute Gasteiger partial charge is 0.486 e. The fraction of sp³-hybridized carbons (Fsp3) is 0.600. The monoisotopic (exact) mass is 233 g/mol. The highest BCUT2D eigenvalue weighted by Gasteiger charge is 2.32. The van der Waals surface area contributed by atoms with Crippen molar-refractivity contribution in [3.63, 3.8) is 0 Å². The molecule has 1 aliphatic carbocycles. The van der Waals surface area contributed by atoms with E-state index in [4.69, 9.17) is 10.5 Å². The number of ether oxygens (including phenoxy) is 1. The van der Waals surface area contributed by atoms with Gasteiger partial charge in [-0.2, -0.15) is 0 Å². The minimum Gasteiger partial charge on any atom is -0.486 e. The minimum atomic E-state index is -0.111. The molecule has 0 heterocycles. The molecule has 94 valence electrons. The average Bonchev–Trinajstić information content (AvgIpc) is 2.35. The maximum atomic E-state index is 6.20. The van der Waals surface area contributed by atoms with Crippen LogP contribution >= 0.6 is 0 Å². The molecule has 2 N–H and O–H groups in total. The van der Waals surface area contributed by atoms with Crippen molar-refractivity contribution in [3.05, 3.63) is 29.3 Å². The fourth-order valence-electron chi connectivity index (χ4n) is 2.57. The molecule has 0 unspecified atom stereocenters. The molecule has 0 amide bonds. The Hall–Kier alpha value is -1.02. The van der Waals surface area contributed by atoms with Gasteiger partial charge in [-0.05, 0) is 62.8 Å². The molecule has 1 saturated carbocycles. The lowest BCUT2D eigenvalue weighted by Crippen LogP contribution is -2.45. The summed E-state index contributed by atoms with van der Waals surface area (Å²) in [5, 5.41) is 0. The summed E-state index contributed by atoms with van der Waals surface area (Å²) in [6, 6.07) is 6.31. The van der Waals surface area contributed by atoms with Gasteiger partial charge < -0.3 is 10.5 Å². The minimum absolute atomic E-state index is 0.111. The summed E-state index contributed by atoms with van der Waals surface area (Å²) in [5.41, 5.74) is 8.41. The van der Waals surface area contributed by atoms with Gasteiger partial charge in [-0.1, -0.05) is 12.5 Å². The van der Waals surface area contributed by atoms with Crippen molar-refractivity contribution >= 4 is 0 Å². The Morgan fingerprint density at radius 2 is 1.82 bits per heavy atom. The summed E-state index contributed by atoms with van der Waals surface area (Å²) in [4.78, 5) is 0. The van der Waals surface area contributed by atoms with Crippen LogP contribution in [0.4, 0.5) is 0 Å². The van der Waals surface area contributed by atoms with Gasteiger partial charge in [-0.15, -0.1) is 0 Å². The van der Waals surface area contributed by atoms with Gasteiger partial charge >= 0.3 is 0 Å². The van der Waals surface area contributed by atoms with Gasteiger partial charge in [-0.25, -0.2) is 0 Å². The van der Waals surface area contributed by atoms with Crippen molar-refractivity contribution in [2.24, 2.45) is 5.73 Å². The molecule has 0 atom stereocenters. The van der Waals surface area contributed by atoms with Crippen molar-refractivity contribution in [2.75, 3.05) is 6.54 Å². The zero-order valence-electron chi connectivity index (χ0n) is 11.0. The van der Waals surface area contributed by atoms with Gasteiger partial charge in [0, 0.05) is 6.54 Å². The zero-order valence-corrected chi connectivity index (χ0v) is 11.0. The standard InChI is InChI=1S/C15H23NO/c1-12-6-7-14(10-13(12)2)17-15(11-16)8-4-3-5-9-15/h6-7,10H,3-5,8-9,11,16H2,1-2H3. The second-order valence-electron chi connectivity index (χ2n) is 5.30. The molecule has 1 fully saturated rings. The Balaban J connectivity index is 2.14. The molecule has 17 heavy (non-hydrogen) atoms. The molecular weight excluding hydrogens is 210 g/mol.